The standard InChI is InChI=1S/C22H29ClN4O/c1-4-16(5-2)20-8-6-7-11-27(20)22(28)17-12-19(23)21(25-13-17)26-18-10-9-15(3)24-14-18/h9-10,12-14,16,20H,4-8,11H2,1-3H3,(H,25,26). The molecule has 2 aromatic rings. The summed E-state index contributed by atoms with van der Waals surface area (Å²) >= 11 is 6.43. The van der Waals surface area contributed by atoms with Gasteiger partial charge in [0, 0.05) is 24.5 Å². The van der Waals surface area contributed by atoms with Crippen LogP contribution < -0.4 is 5.32 Å². The molecule has 0 spiro atoms. The summed E-state index contributed by atoms with van der Waals surface area (Å²) in [5, 5.41) is 3.59. The van der Waals surface area contributed by atoms with Crippen molar-refractivity contribution >= 4 is 29.0 Å². The number of likely N-dealkylation sites (tertiary alicyclic amines) is 1. The Labute approximate surface area is 172 Å². The van der Waals surface area contributed by atoms with E-state index in [0.717, 1.165) is 43.6 Å². The van der Waals surface area contributed by atoms with Gasteiger partial charge in [-0.15, -0.1) is 0 Å². The Kier molecular flexibility index (Phi) is 6.89. The lowest BCUT2D eigenvalue weighted by molar-refractivity contribution is 0.0503. The number of carbonyl (C=O) groups is 1. The van der Waals surface area contributed by atoms with Crippen LogP contribution in [0.4, 0.5) is 11.5 Å². The molecule has 0 bridgehead atoms. The molecule has 1 amide bonds. The molecule has 1 aliphatic heterocycles. The van der Waals surface area contributed by atoms with Crippen LogP contribution in [0, 0.1) is 12.8 Å². The molecule has 1 atom stereocenters. The number of anilines is 2. The zero-order valence-corrected chi connectivity index (χ0v) is 17.7. The van der Waals surface area contributed by atoms with Crippen LogP contribution in [0.5, 0.6) is 0 Å². The first-order valence-electron chi connectivity index (χ1n) is 10.2. The van der Waals surface area contributed by atoms with Crippen molar-refractivity contribution in [2.45, 2.75) is 58.9 Å². The fraction of sp³-hybridized carbons (Fsp3) is 0.500. The molecule has 28 heavy (non-hydrogen) atoms. The van der Waals surface area contributed by atoms with Gasteiger partial charge in [-0.1, -0.05) is 38.3 Å². The van der Waals surface area contributed by atoms with Crippen molar-refractivity contribution in [3.05, 3.63) is 46.9 Å². The molecule has 0 aliphatic carbocycles. The van der Waals surface area contributed by atoms with Gasteiger partial charge >= 0.3 is 0 Å². The van der Waals surface area contributed by atoms with Crippen LogP contribution in [-0.2, 0) is 0 Å². The number of hydrogen-bond donors (Lipinski definition) is 1. The Bertz CT molecular complexity index is 805. The van der Waals surface area contributed by atoms with Crippen molar-refractivity contribution in [3.63, 3.8) is 0 Å². The average molecular weight is 401 g/mol. The summed E-state index contributed by atoms with van der Waals surface area (Å²) in [5.74, 6) is 1.11. The van der Waals surface area contributed by atoms with E-state index < -0.39 is 0 Å². The third kappa shape index (κ3) is 4.64. The van der Waals surface area contributed by atoms with Crippen molar-refractivity contribution in [2.24, 2.45) is 5.92 Å². The molecule has 150 valence electrons. The summed E-state index contributed by atoms with van der Waals surface area (Å²) in [6.45, 7) is 7.17. The number of aromatic nitrogens is 2. The van der Waals surface area contributed by atoms with E-state index in [1.807, 2.05) is 24.0 Å². The SMILES string of the molecule is CCC(CC)C1CCCCN1C(=O)c1cnc(Nc2ccc(C)nc2)c(Cl)c1. The lowest BCUT2D eigenvalue weighted by Crippen LogP contribution is -2.47. The molecular formula is C22H29ClN4O. The van der Waals surface area contributed by atoms with Gasteiger partial charge in [-0.25, -0.2) is 4.98 Å². The van der Waals surface area contributed by atoms with Crippen LogP contribution >= 0.6 is 11.6 Å². The second kappa shape index (κ2) is 9.37. The number of nitrogens with one attached hydrogen (secondary N) is 1. The quantitative estimate of drug-likeness (QED) is 0.684. The maximum absolute atomic E-state index is 13.2. The average Bonchev–Trinajstić information content (AvgIpc) is 2.72. The zero-order valence-electron chi connectivity index (χ0n) is 16.9. The van der Waals surface area contributed by atoms with Crippen LogP contribution in [0.1, 0.15) is 62.0 Å². The smallest absolute Gasteiger partial charge is 0.255 e. The van der Waals surface area contributed by atoms with Gasteiger partial charge in [0.15, 0.2) is 0 Å². The molecule has 0 aromatic carbocycles. The first-order valence-corrected chi connectivity index (χ1v) is 10.6. The summed E-state index contributed by atoms with van der Waals surface area (Å²) in [6, 6.07) is 5.88. The van der Waals surface area contributed by atoms with Crippen LogP contribution in [0.25, 0.3) is 0 Å². The van der Waals surface area contributed by atoms with Gasteiger partial charge in [-0.05, 0) is 50.3 Å². The number of rotatable bonds is 6. The first-order chi connectivity index (χ1) is 13.5. The van der Waals surface area contributed by atoms with Crippen molar-refractivity contribution in [1.82, 2.24) is 14.9 Å². The molecule has 0 radical (unpaired) electrons. The van der Waals surface area contributed by atoms with Gasteiger partial charge in [0.25, 0.3) is 5.91 Å². The minimum absolute atomic E-state index is 0.0366. The van der Waals surface area contributed by atoms with Crippen molar-refractivity contribution in [1.29, 1.82) is 0 Å². The number of nitrogens with zero attached hydrogens (tertiary/aromatic N) is 3. The Morgan fingerprint density at radius 2 is 2.04 bits per heavy atom. The molecule has 0 saturated carbocycles. The number of amides is 1. The topological polar surface area (TPSA) is 58.1 Å². The van der Waals surface area contributed by atoms with E-state index in [9.17, 15) is 4.79 Å². The summed E-state index contributed by atoms with van der Waals surface area (Å²) in [5.41, 5.74) is 2.30. The predicted molar refractivity (Wildman–Crippen MR) is 114 cm³/mol. The monoisotopic (exact) mass is 400 g/mol. The highest BCUT2D eigenvalue weighted by molar-refractivity contribution is 6.33. The van der Waals surface area contributed by atoms with Crippen LogP contribution in [0.2, 0.25) is 5.02 Å². The maximum Gasteiger partial charge on any atom is 0.255 e. The van der Waals surface area contributed by atoms with E-state index in [1.54, 1.807) is 18.5 Å². The van der Waals surface area contributed by atoms with Crippen LogP contribution in [0.15, 0.2) is 30.6 Å². The summed E-state index contributed by atoms with van der Waals surface area (Å²) < 4.78 is 0. The van der Waals surface area contributed by atoms with E-state index in [1.165, 1.54) is 6.42 Å². The number of pyridine rings is 2. The number of piperidine rings is 1. The number of carbonyl (C=O) groups excluding carboxylic acids is 1. The summed E-state index contributed by atoms with van der Waals surface area (Å²) in [4.78, 5) is 23.9. The normalized spacial score (nSPS) is 17.0. The van der Waals surface area contributed by atoms with Gasteiger partial charge in [-0.3, -0.25) is 9.78 Å². The van der Waals surface area contributed by atoms with E-state index in [0.29, 0.717) is 28.4 Å². The van der Waals surface area contributed by atoms with Crippen LogP contribution in [-0.4, -0.2) is 33.4 Å². The Hall–Kier alpha value is -2.14. The number of halogens is 1. The molecule has 5 nitrogen and oxygen atoms in total. The fourth-order valence-electron chi connectivity index (χ4n) is 4.02. The first kappa shape index (κ1) is 20.6. The van der Waals surface area contributed by atoms with Crippen LogP contribution in [0.3, 0.4) is 0 Å². The second-order valence-corrected chi connectivity index (χ2v) is 7.91. The zero-order chi connectivity index (χ0) is 20.1. The largest absolute Gasteiger partial charge is 0.338 e. The third-order valence-corrected chi connectivity index (χ3v) is 5.95. The minimum atomic E-state index is 0.0366. The molecular weight excluding hydrogens is 372 g/mol. The molecule has 1 fully saturated rings. The van der Waals surface area contributed by atoms with Gasteiger partial charge in [0.2, 0.25) is 0 Å². The van der Waals surface area contributed by atoms with Gasteiger partial charge in [0.05, 0.1) is 22.5 Å². The molecule has 3 rings (SSSR count). The fourth-order valence-corrected chi connectivity index (χ4v) is 4.24. The van der Waals surface area contributed by atoms with E-state index in [-0.39, 0.29) is 5.91 Å². The van der Waals surface area contributed by atoms with Gasteiger partial charge in [0.1, 0.15) is 5.82 Å². The predicted octanol–water partition coefficient (Wildman–Crippen LogP) is 5.61. The molecule has 1 N–H and O–H groups in total. The maximum atomic E-state index is 13.2. The lowest BCUT2D eigenvalue weighted by Gasteiger charge is -2.40. The van der Waals surface area contributed by atoms with Crippen molar-refractivity contribution in [3.8, 4) is 0 Å². The Morgan fingerprint density at radius 1 is 1.25 bits per heavy atom. The van der Waals surface area contributed by atoms with E-state index in [2.05, 4.69) is 29.1 Å². The third-order valence-electron chi connectivity index (χ3n) is 5.67. The summed E-state index contributed by atoms with van der Waals surface area (Å²) in [7, 11) is 0. The minimum Gasteiger partial charge on any atom is -0.338 e. The van der Waals surface area contributed by atoms with Gasteiger partial charge < -0.3 is 10.2 Å². The Morgan fingerprint density at radius 3 is 2.68 bits per heavy atom. The molecule has 1 unspecified atom stereocenters. The highest BCUT2D eigenvalue weighted by Gasteiger charge is 2.32. The molecule has 1 saturated heterocycles. The van der Waals surface area contributed by atoms with Gasteiger partial charge in [-0.2, -0.15) is 0 Å². The molecule has 1 aliphatic rings. The summed E-state index contributed by atoms with van der Waals surface area (Å²) in [6.07, 6.45) is 8.88. The lowest BCUT2D eigenvalue weighted by atomic mass is 9.86. The number of hydrogen-bond acceptors (Lipinski definition) is 4. The number of aryl methyl sites for hydroxylation is 1. The van der Waals surface area contributed by atoms with E-state index >= 15 is 0 Å². The molecule has 2 aromatic heterocycles. The molecule has 6 heteroatoms. The van der Waals surface area contributed by atoms with Crippen molar-refractivity contribution in [2.75, 3.05) is 11.9 Å². The van der Waals surface area contributed by atoms with Crippen molar-refractivity contribution < 1.29 is 4.79 Å². The van der Waals surface area contributed by atoms with E-state index in [4.69, 9.17) is 11.6 Å². The second-order valence-electron chi connectivity index (χ2n) is 7.51. The molecule has 3 heterocycles. The Balaban J connectivity index is 1.78. The highest BCUT2D eigenvalue weighted by atomic mass is 35.5. The highest BCUT2D eigenvalue weighted by Crippen LogP contribution is 2.30.